The van der Waals surface area contributed by atoms with Crippen molar-refractivity contribution in [3.63, 3.8) is 0 Å². The molecule has 31 heavy (non-hydrogen) atoms. The van der Waals surface area contributed by atoms with Crippen LogP contribution in [0, 0.1) is 23.4 Å². The second-order valence-electron chi connectivity index (χ2n) is 7.81. The molecule has 158 valence electrons. The standard InChI is InChI=1S/C22H18F3N5O/c23-14-3-1-12(2-4-14)19-18(16-7-15(24)8-17(25)20(16)29-19)13-5-11(6-13)9-26-22(31)21-27-10-28-30-21/h1-4,7-8,10-11,13,29H,5-6,9H2,(H,26,31)(H,27,28,30). The zero-order valence-electron chi connectivity index (χ0n) is 16.3. The number of aromatic amines is 2. The molecule has 9 heteroatoms. The number of nitrogens with one attached hydrogen (secondary N) is 3. The Morgan fingerprint density at radius 3 is 2.58 bits per heavy atom. The van der Waals surface area contributed by atoms with Gasteiger partial charge in [-0.05, 0) is 66.1 Å². The van der Waals surface area contributed by atoms with Gasteiger partial charge in [-0.15, -0.1) is 0 Å². The highest BCUT2D eigenvalue weighted by Crippen LogP contribution is 2.48. The van der Waals surface area contributed by atoms with Crippen LogP contribution in [0.3, 0.4) is 0 Å². The first kappa shape index (κ1) is 19.3. The van der Waals surface area contributed by atoms with Crippen LogP contribution in [0.5, 0.6) is 0 Å². The van der Waals surface area contributed by atoms with Crippen molar-refractivity contribution < 1.29 is 18.0 Å². The first-order valence-corrected chi connectivity index (χ1v) is 9.89. The number of aromatic nitrogens is 4. The molecule has 3 N–H and O–H groups in total. The number of carbonyl (C=O) groups excluding carboxylic acids is 1. The van der Waals surface area contributed by atoms with E-state index in [4.69, 9.17) is 0 Å². The smallest absolute Gasteiger partial charge is 0.288 e. The predicted molar refractivity (Wildman–Crippen MR) is 108 cm³/mol. The summed E-state index contributed by atoms with van der Waals surface area (Å²) in [6.45, 7) is 0.465. The Kier molecular flexibility index (Phi) is 4.72. The van der Waals surface area contributed by atoms with E-state index in [1.165, 1.54) is 24.5 Å². The Hall–Kier alpha value is -3.62. The first-order valence-electron chi connectivity index (χ1n) is 9.89. The maximum atomic E-state index is 14.4. The number of nitrogens with zero attached hydrogens (tertiary/aromatic N) is 2. The summed E-state index contributed by atoms with van der Waals surface area (Å²) >= 11 is 0. The number of H-pyrrole nitrogens is 2. The van der Waals surface area contributed by atoms with Crippen LogP contribution in [0.2, 0.25) is 0 Å². The minimum Gasteiger partial charge on any atom is -0.352 e. The lowest BCUT2D eigenvalue weighted by Crippen LogP contribution is -2.35. The van der Waals surface area contributed by atoms with Gasteiger partial charge >= 0.3 is 0 Å². The topological polar surface area (TPSA) is 86.5 Å². The van der Waals surface area contributed by atoms with Crippen LogP contribution in [0.1, 0.15) is 34.9 Å². The molecule has 5 rings (SSSR count). The highest BCUT2D eigenvalue weighted by atomic mass is 19.1. The van der Waals surface area contributed by atoms with E-state index in [2.05, 4.69) is 25.5 Å². The minimum absolute atomic E-state index is 0.0576. The van der Waals surface area contributed by atoms with E-state index in [1.54, 1.807) is 12.1 Å². The summed E-state index contributed by atoms with van der Waals surface area (Å²) < 4.78 is 41.8. The summed E-state index contributed by atoms with van der Waals surface area (Å²) in [5, 5.41) is 9.48. The molecule has 1 amide bonds. The highest BCUT2D eigenvalue weighted by molar-refractivity contribution is 5.92. The van der Waals surface area contributed by atoms with E-state index in [1.807, 2.05) is 0 Å². The Morgan fingerprint density at radius 2 is 1.87 bits per heavy atom. The van der Waals surface area contributed by atoms with E-state index in [0.717, 1.165) is 24.5 Å². The van der Waals surface area contributed by atoms with Gasteiger partial charge in [-0.1, -0.05) is 0 Å². The SMILES string of the molecule is O=C(NCC1CC(c2c(-c3ccc(F)cc3)[nH]c3c(F)cc(F)cc23)C1)c1ncn[nH]1. The van der Waals surface area contributed by atoms with Gasteiger partial charge < -0.3 is 10.3 Å². The molecule has 0 unspecified atom stereocenters. The molecule has 4 aromatic rings. The van der Waals surface area contributed by atoms with Crippen molar-refractivity contribution in [1.29, 1.82) is 0 Å². The van der Waals surface area contributed by atoms with Gasteiger partial charge in [0.1, 0.15) is 23.8 Å². The molecular formula is C22H18F3N5O. The number of rotatable bonds is 5. The summed E-state index contributed by atoms with van der Waals surface area (Å²) in [5.74, 6) is -1.58. The molecule has 2 aromatic carbocycles. The number of halogens is 3. The molecule has 0 radical (unpaired) electrons. The molecule has 0 saturated heterocycles. The highest BCUT2D eigenvalue weighted by Gasteiger charge is 2.35. The zero-order valence-corrected chi connectivity index (χ0v) is 16.3. The van der Waals surface area contributed by atoms with Crippen molar-refractivity contribution in [2.24, 2.45) is 5.92 Å². The van der Waals surface area contributed by atoms with E-state index >= 15 is 0 Å². The third-order valence-corrected chi connectivity index (χ3v) is 5.82. The fraction of sp³-hybridized carbons (Fsp3) is 0.227. The molecule has 0 spiro atoms. The Labute approximate surface area is 174 Å². The third-order valence-electron chi connectivity index (χ3n) is 5.82. The van der Waals surface area contributed by atoms with Gasteiger partial charge in [0.2, 0.25) is 5.82 Å². The maximum Gasteiger partial charge on any atom is 0.288 e. The van der Waals surface area contributed by atoms with E-state index in [9.17, 15) is 18.0 Å². The number of amides is 1. The van der Waals surface area contributed by atoms with Crippen LogP contribution >= 0.6 is 0 Å². The summed E-state index contributed by atoms with van der Waals surface area (Å²) in [4.78, 5) is 18.9. The number of hydrogen-bond donors (Lipinski definition) is 3. The molecule has 1 fully saturated rings. The summed E-state index contributed by atoms with van der Waals surface area (Å²) in [5.41, 5.74) is 2.42. The molecule has 1 aliphatic carbocycles. The van der Waals surface area contributed by atoms with Crippen LogP contribution in [0.15, 0.2) is 42.7 Å². The zero-order chi connectivity index (χ0) is 21.5. The third kappa shape index (κ3) is 3.56. The van der Waals surface area contributed by atoms with Crippen LogP contribution in [-0.4, -0.2) is 32.6 Å². The second kappa shape index (κ2) is 7.57. The average Bonchev–Trinajstić information content (AvgIpc) is 3.36. The molecule has 0 aliphatic heterocycles. The average molecular weight is 425 g/mol. The second-order valence-corrected chi connectivity index (χ2v) is 7.81. The summed E-state index contributed by atoms with van der Waals surface area (Å²) in [6.07, 6.45) is 2.76. The van der Waals surface area contributed by atoms with Crippen LogP contribution in [-0.2, 0) is 0 Å². The molecule has 0 bridgehead atoms. The van der Waals surface area contributed by atoms with E-state index in [0.29, 0.717) is 23.2 Å². The maximum absolute atomic E-state index is 14.4. The Morgan fingerprint density at radius 1 is 1.10 bits per heavy atom. The van der Waals surface area contributed by atoms with Gasteiger partial charge in [-0.2, -0.15) is 5.10 Å². The van der Waals surface area contributed by atoms with Gasteiger partial charge in [0.05, 0.1) is 11.2 Å². The Balaban J connectivity index is 1.41. The molecule has 0 atom stereocenters. The number of carbonyl (C=O) groups is 1. The van der Waals surface area contributed by atoms with E-state index < -0.39 is 11.6 Å². The minimum atomic E-state index is -0.667. The normalized spacial score (nSPS) is 18.2. The number of hydrogen-bond acceptors (Lipinski definition) is 3. The monoisotopic (exact) mass is 425 g/mol. The first-order chi connectivity index (χ1) is 15.0. The van der Waals surface area contributed by atoms with Crippen molar-refractivity contribution >= 4 is 16.8 Å². The molecule has 1 aliphatic rings. The lowest BCUT2D eigenvalue weighted by atomic mass is 9.70. The lowest BCUT2D eigenvalue weighted by molar-refractivity contribution is 0.0925. The van der Waals surface area contributed by atoms with Gasteiger partial charge in [-0.3, -0.25) is 9.89 Å². The van der Waals surface area contributed by atoms with Crippen molar-refractivity contribution in [2.75, 3.05) is 6.54 Å². The Bertz CT molecular complexity index is 1240. The fourth-order valence-corrected chi connectivity index (χ4v) is 4.28. The van der Waals surface area contributed by atoms with Crippen molar-refractivity contribution in [1.82, 2.24) is 25.5 Å². The molecular weight excluding hydrogens is 407 g/mol. The number of fused-ring (bicyclic) bond motifs is 1. The lowest BCUT2D eigenvalue weighted by Gasteiger charge is -2.36. The van der Waals surface area contributed by atoms with Crippen molar-refractivity contribution in [3.05, 3.63) is 71.6 Å². The fourth-order valence-electron chi connectivity index (χ4n) is 4.28. The summed E-state index contributed by atoms with van der Waals surface area (Å²) in [6, 6.07) is 8.08. The molecule has 1 saturated carbocycles. The quantitative estimate of drug-likeness (QED) is 0.446. The molecule has 6 nitrogen and oxygen atoms in total. The van der Waals surface area contributed by atoms with Gasteiger partial charge in [0.15, 0.2) is 0 Å². The largest absolute Gasteiger partial charge is 0.352 e. The van der Waals surface area contributed by atoms with Gasteiger partial charge in [0.25, 0.3) is 5.91 Å². The number of benzene rings is 2. The molecule has 2 heterocycles. The van der Waals surface area contributed by atoms with Crippen molar-refractivity contribution in [2.45, 2.75) is 18.8 Å². The van der Waals surface area contributed by atoms with Crippen LogP contribution < -0.4 is 5.32 Å². The van der Waals surface area contributed by atoms with Gasteiger partial charge in [-0.25, -0.2) is 18.2 Å². The van der Waals surface area contributed by atoms with Crippen LogP contribution in [0.25, 0.3) is 22.2 Å². The van der Waals surface area contributed by atoms with Crippen molar-refractivity contribution in [3.8, 4) is 11.3 Å². The van der Waals surface area contributed by atoms with Gasteiger partial charge in [0, 0.05) is 18.0 Å². The van der Waals surface area contributed by atoms with Crippen LogP contribution in [0.4, 0.5) is 13.2 Å². The molecule has 2 aromatic heterocycles. The summed E-state index contributed by atoms with van der Waals surface area (Å²) in [7, 11) is 0. The van der Waals surface area contributed by atoms with E-state index in [-0.39, 0.29) is 34.9 Å². The predicted octanol–water partition coefficient (Wildman–Crippen LogP) is 4.29.